The Hall–Kier alpha value is -2.21. The first kappa shape index (κ1) is 15.2. The normalized spacial score (nSPS) is 10.5. The Balaban J connectivity index is 1.72. The first-order valence-corrected chi connectivity index (χ1v) is 7.06. The van der Waals surface area contributed by atoms with Crippen LogP contribution in [0.4, 0.5) is 0 Å². The predicted octanol–water partition coefficient (Wildman–Crippen LogP) is 1.49. The number of nitrogens with zero attached hydrogens (tertiary/aromatic N) is 3. The molecule has 0 saturated carbocycles. The van der Waals surface area contributed by atoms with Gasteiger partial charge in [-0.05, 0) is 25.5 Å². The highest BCUT2D eigenvalue weighted by Crippen LogP contribution is 2.14. The number of carbonyl (C=O) groups excluding carboxylic acids is 1. The number of ether oxygens (including phenoxy) is 1. The molecule has 0 saturated heterocycles. The lowest BCUT2D eigenvalue weighted by molar-refractivity contribution is -0.125. The van der Waals surface area contributed by atoms with E-state index in [1.165, 1.54) is 0 Å². The zero-order valence-electron chi connectivity index (χ0n) is 12.2. The maximum atomic E-state index is 11.3. The second-order valence-electron chi connectivity index (χ2n) is 4.58. The summed E-state index contributed by atoms with van der Waals surface area (Å²) in [7, 11) is 0. The van der Waals surface area contributed by atoms with Crippen molar-refractivity contribution in [2.45, 2.75) is 19.9 Å². The van der Waals surface area contributed by atoms with Crippen LogP contribution in [0.2, 0.25) is 0 Å². The number of aromatic nitrogens is 3. The second-order valence-corrected chi connectivity index (χ2v) is 4.58. The molecule has 0 atom stereocenters. The van der Waals surface area contributed by atoms with Gasteiger partial charge in [0.1, 0.15) is 6.61 Å². The van der Waals surface area contributed by atoms with Gasteiger partial charge in [-0.25, -0.2) is 4.98 Å². The number of nitrogens with one attached hydrogen (secondary N) is 1. The lowest BCUT2D eigenvalue weighted by Crippen LogP contribution is -2.29. The minimum atomic E-state index is -0.0708. The minimum absolute atomic E-state index is 0.0708. The Labute approximate surface area is 124 Å². The zero-order valence-corrected chi connectivity index (χ0v) is 12.2. The molecule has 0 spiro atoms. The molecule has 0 aromatic carbocycles. The van der Waals surface area contributed by atoms with Crippen molar-refractivity contribution in [2.75, 3.05) is 19.8 Å². The second kappa shape index (κ2) is 8.16. The first-order chi connectivity index (χ1) is 10.3. The third-order valence-corrected chi connectivity index (χ3v) is 2.94. The Morgan fingerprint density at radius 2 is 2.38 bits per heavy atom. The van der Waals surface area contributed by atoms with Crippen LogP contribution in [0.15, 0.2) is 37.1 Å². The average Bonchev–Trinajstić information content (AvgIpc) is 2.99. The van der Waals surface area contributed by atoms with E-state index < -0.39 is 0 Å². The average molecular weight is 288 g/mol. The van der Waals surface area contributed by atoms with Gasteiger partial charge in [0.2, 0.25) is 5.91 Å². The topological polar surface area (TPSA) is 69.0 Å². The zero-order chi connectivity index (χ0) is 14.9. The van der Waals surface area contributed by atoms with E-state index in [1.54, 1.807) is 18.7 Å². The van der Waals surface area contributed by atoms with Crippen LogP contribution in [-0.4, -0.2) is 40.2 Å². The molecule has 2 aromatic heterocycles. The molecule has 6 nitrogen and oxygen atoms in total. The van der Waals surface area contributed by atoms with E-state index >= 15 is 0 Å². The van der Waals surface area contributed by atoms with Crippen molar-refractivity contribution in [3.05, 3.63) is 37.1 Å². The minimum Gasteiger partial charge on any atom is -0.372 e. The molecule has 0 bridgehead atoms. The number of hydrogen-bond acceptors (Lipinski definition) is 4. The van der Waals surface area contributed by atoms with E-state index in [2.05, 4.69) is 15.3 Å². The highest BCUT2D eigenvalue weighted by atomic mass is 16.5. The molecule has 0 aliphatic carbocycles. The quantitative estimate of drug-likeness (QED) is 0.747. The summed E-state index contributed by atoms with van der Waals surface area (Å²) in [5.41, 5.74) is 1.91. The van der Waals surface area contributed by atoms with Crippen LogP contribution in [0, 0.1) is 0 Å². The molecular formula is C15H20N4O2. The van der Waals surface area contributed by atoms with Gasteiger partial charge in [-0.2, -0.15) is 0 Å². The highest BCUT2D eigenvalue weighted by Gasteiger charge is 2.03. The predicted molar refractivity (Wildman–Crippen MR) is 79.6 cm³/mol. The standard InChI is InChI=1S/C15H20N4O2/c1-2-21-11-15(20)17-7-4-8-19-10-14(18-12-19)13-5-3-6-16-9-13/h3,5-6,9-10,12H,2,4,7-8,11H2,1H3,(H,17,20). The van der Waals surface area contributed by atoms with Gasteiger partial charge in [0.05, 0.1) is 12.0 Å². The molecule has 0 aliphatic rings. The third-order valence-electron chi connectivity index (χ3n) is 2.94. The number of amides is 1. The Morgan fingerprint density at radius 3 is 3.14 bits per heavy atom. The Morgan fingerprint density at radius 1 is 1.48 bits per heavy atom. The van der Waals surface area contributed by atoms with Gasteiger partial charge in [-0.1, -0.05) is 0 Å². The molecule has 0 unspecified atom stereocenters. The van der Waals surface area contributed by atoms with Gasteiger partial charge in [-0.3, -0.25) is 9.78 Å². The maximum absolute atomic E-state index is 11.3. The summed E-state index contributed by atoms with van der Waals surface area (Å²) in [5, 5.41) is 2.82. The van der Waals surface area contributed by atoms with Crippen LogP contribution < -0.4 is 5.32 Å². The molecule has 0 radical (unpaired) electrons. The van der Waals surface area contributed by atoms with Gasteiger partial charge in [0.25, 0.3) is 0 Å². The van der Waals surface area contributed by atoms with E-state index in [-0.39, 0.29) is 12.5 Å². The maximum Gasteiger partial charge on any atom is 0.245 e. The lowest BCUT2D eigenvalue weighted by Gasteiger charge is -2.05. The van der Waals surface area contributed by atoms with Crippen LogP contribution in [0.25, 0.3) is 11.3 Å². The SMILES string of the molecule is CCOCC(=O)NCCCn1cnc(-c2cccnc2)c1. The van der Waals surface area contributed by atoms with E-state index in [1.807, 2.05) is 29.8 Å². The highest BCUT2D eigenvalue weighted by molar-refractivity contribution is 5.77. The van der Waals surface area contributed by atoms with Crippen LogP contribution in [-0.2, 0) is 16.1 Å². The summed E-state index contributed by atoms with van der Waals surface area (Å²) < 4.78 is 7.04. The number of pyridine rings is 1. The van der Waals surface area contributed by atoms with Crippen molar-refractivity contribution < 1.29 is 9.53 Å². The summed E-state index contributed by atoms with van der Waals surface area (Å²) in [5.74, 6) is -0.0708. The molecule has 0 fully saturated rings. The monoisotopic (exact) mass is 288 g/mol. The summed E-state index contributed by atoms with van der Waals surface area (Å²) in [6.07, 6.45) is 8.16. The molecule has 21 heavy (non-hydrogen) atoms. The van der Waals surface area contributed by atoms with Gasteiger partial charge < -0.3 is 14.6 Å². The molecule has 0 aliphatic heterocycles. The van der Waals surface area contributed by atoms with Crippen molar-refractivity contribution in [3.63, 3.8) is 0 Å². The van der Waals surface area contributed by atoms with Gasteiger partial charge in [-0.15, -0.1) is 0 Å². The van der Waals surface area contributed by atoms with Gasteiger partial charge in [0.15, 0.2) is 0 Å². The van der Waals surface area contributed by atoms with Crippen LogP contribution in [0.1, 0.15) is 13.3 Å². The van der Waals surface area contributed by atoms with Crippen molar-refractivity contribution in [3.8, 4) is 11.3 Å². The Bertz CT molecular complexity index is 554. The van der Waals surface area contributed by atoms with Gasteiger partial charge >= 0.3 is 0 Å². The van der Waals surface area contributed by atoms with Crippen molar-refractivity contribution in [2.24, 2.45) is 0 Å². The smallest absolute Gasteiger partial charge is 0.245 e. The molecule has 6 heteroatoms. The fourth-order valence-electron chi connectivity index (χ4n) is 1.88. The number of aryl methyl sites for hydroxylation is 1. The van der Waals surface area contributed by atoms with E-state index in [0.29, 0.717) is 13.2 Å². The largest absolute Gasteiger partial charge is 0.372 e. The molecule has 2 rings (SSSR count). The number of hydrogen-bond donors (Lipinski definition) is 1. The van der Waals surface area contributed by atoms with E-state index in [0.717, 1.165) is 24.2 Å². The van der Waals surface area contributed by atoms with E-state index in [9.17, 15) is 4.79 Å². The number of carbonyl (C=O) groups is 1. The summed E-state index contributed by atoms with van der Waals surface area (Å²) >= 11 is 0. The molecule has 2 heterocycles. The molecule has 1 amide bonds. The fourth-order valence-corrected chi connectivity index (χ4v) is 1.88. The molecular weight excluding hydrogens is 268 g/mol. The summed E-state index contributed by atoms with van der Waals surface area (Å²) in [4.78, 5) is 19.8. The molecule has 1 N–H and O–H groups in total. The van der Waals surface area contributed by atoms with Crippen molar-refractivity contribution >= 4 is 5.91 Å². The van der Waals surface area contributed by atoms with Crippen LogP contribution in [0.3, 0.4) is 0 Å². The number of rotatable bonds is 8. The lowest BCUT2D eigenvalue weighted by atomic mass is 10.2. The summed E-state index contributed by atoms with van der Waals surface area (Å²) in [6, 6.07) is 3.87. The number of imidazole rings is 1. The third kappa shape index (κ3) is 5.00. The first-order valence-electron chi connectivity index (χ1n) is 7.06. The van der Waals surface area contributed by atoms with Crippen molar-refractivity contribution in [1.82, 2.24) is 19.9 Å². The van der Waals surface area contributed by atoms with Crippen LogP contribution >= 0.6 is 0 Å². The Kier molecular flexibility index (Phi) is 5.90. The van der Waals surface area contributed by atoms with E-state index in [4.69, 9.17) is 4.74 Å². The van der Waals surface area contributed by atoms with Gasteiger partial charge in [0, 0.05) is 43.9 Å². The molecule has 2 aromatic rings. The molecule has 112 valence electrons. The fraction of sp³-hybridized carbons (Fsp3) is 0.400. The van der Waals surface area contributed by atoms with Crippen LogP contribution in [0.5, 0.6) is 0 Å². The van der Waals surface area contributed by atoms with Crippen molar-refractivity contribution in [1.29, 1.82) is 0 Å². The summed E-state index contributed by atoms with van der Waals surface area (Å²) in [6.45, 7) is 3.99.